The number of likely N-dealkylation sites (N-methyl/N-ethyl adjacent to an activating group) is 1. The van der Waals surface area contributed by atoms with Crippen molar-refractivity contribution in [2.24, 2.45) is 0 Å². The number of rotatable bonds is 3. The smallest absolute Gasteiger partial charge is 0.276 e. The van der Waals surface area contributed by atoms with Crippen molar-refractivity contribution in [3.05, 3.63) is 70.4 Å². The van der Waals surface area contributed by atoms with Crippen LogP contribution in [0.3, 0.4) is 0 Å². The van der Waals surface area contributed by atoms with Gasteiger partial charge < -0.3 is 4.90 Å². The molecule has 1 atom stereocenters. The van der Waals surface area contributed by atoms with E-state index in [2.05, 4.69) is 0 Å². The van der Waals surface area contributed by atoms with Crippen LogP contribution in [0.15, 0.2) is 54.8 Å². The molecule has 2 rings (SSSR count). The Morgan fingerprint density at radius 3 is 2.83 bits per heavy atom. The van der Waals surface area contributed by atoms with E-state index in [9.17, 15) is 10.1 Å². The van der Waals surface area contributed by atoms with Gasteiger partial charge in [-0.25, -0.2) is 0 Å². The second-order valence-corrected chi connectivity index (χ2v) is 4.06. The topological polar surface area (TPSA) is 46.4 Å². The van der Waals surface area contributed by atoms with Gasteiger partial charge in [0, 0.05) is 13.1 Å². The summed E-state index contributed by atoms with van der Waals surface area (Å²) in [6.07, 6.45) is 11.7. The van der Waals surface area contributed by atoms with Crippen molar-refractivity contribution >= 4 is 11.8 Å². The molecule has 4 heteroatoms. The molecule has 1 heterocycles. The summed E-state index contributed by atoms with van der Waals surface area (Å²) in [5.41, 5.74) is 0.755. The molecule has 0 radical (unpaired) electrons. The zero-order valence-electron chi connectivity index (χ0n) is 10.1. The number of benzene rings is 1. The lowest BCUT2D eigenvalue weighted by molar-refractivity contribution is -0.385. The Morgan fingerprint density at radius 1 is 1.33 bits per heavy atom. The maximum Gasteiger partial charge on any atom is 0.276 e. The summed E-state index contributed by atoms with van der Waals surface area (Å²) < 4.78 is 0. The Bertz CT molecular complexity index is 532. The second-order valence-electron chi connectivity index (χ2n) is 4.06. The number of para-hydroxylation sites is 1. The van der Waals surface area contributed by atoms with Gasteiger partial charge in [-0.05, 0) is 24.4 Å². The average Bonchev–Trinajstić information content (AvgIpc) is 2.38. The highest BCUT2D eigenvalue weighted by Crippen LogP contribution is 2.20. The van der Waals surface area contributed by atoms with E-state index in [1.165, 1.54) is 6.07 Å². The summed E-state index contributed by atoms with van der Waals surface area (Å²) in [6.45, 7) is 0. The lowest BCUT2D eigenvalue weighted by Crippen LogP contribution is -2.24. The van der Waals surface area contributed by atoms with Crippen LogP contribution in [0.2, 0.25) is 0 Å². The number of nitro benzene ring substituents is 1. The Kier molecular flexibility index (Phi) is 3.57. The van der Waals surface area contributed by atoms with E-state index < -0.39 is 0 Å². The Labute approximate surface area is 106 Å². The standard InChI is InChI=1S/C14H14N2O2/c1-15-11-5-4-7-13(15)10-9-12-6-2-3-8-14(12)16(17)18/h2-11,13H,1H3/b10-9+. The van der Waals surface area contributed by atoms with Gasteiger partial charge in [-0.15, -0.1) is 0 Å². The van der Waals surface area contributed by atoms with Gasteiger partial charge in [0.1, 0.15) is 0 Å². The van der Waals surface area contributed by atoms with Crippen molar-refractivity contribution in [3.8, 4) is 0 Å². The van der Waals surface area contributed by atoms with E-state index in [-0.39, 0.29) is 16.7 Å². The predicted molar refractivity (Wildman–Crippen MR) is 72.0 cm³/mol. The first-order valence-electron chi connectivity index (χ1n) is 5.67. The lowest BCUT2D eigenvalue weighted by atomic mass is 10.1. The summed E-state index contributed by atoms with van der Waals surface area (Å²) in [6, 6.07) is 6.87. The van der Waals surface area contributed by atoms with Crippen molar-refractivity contribution in [1.82, 2.24) is 4.90 Å². The van der Waals surface area contributed by atoms with Crippen LogP contribution in [0.1, 0.15) is 5.56 Å². The van der Waals surface area contributed by atoms with Crippen LogP contribution in [0.4, 0.5) is 5.69 Å². The van der Waals surface area contributed by atoms with Crippen molar-refractivity contribution in [2.45, 2.75) is 6.04 Å². The maximum atomic E-state index is 10.9. The predicted octanol–water partition coefficient (Wildman–Crippen LogP) is 2.99. The quantitative estimate of drug-likeness (QED) is 0.604. The third kappa shape index (κ3) is 2.66. The molecule has 1 aliphatic heterocycles. The fourth-order valence-electron chi connectivity index (χ4n) is 1.80. The summed E-state index contributed by atoms with van der Waals surface area (Å²) >= 11 is 0. The molecule has 1 aromatic rings. The van der Waals surface area contributed by atoms with Gasteiger partial charge in [0.15, 0.2) is 0 Å². The summed E-state index contributed by atoms with van der Waals surface area (Å²) in [7, 11) is 1.97. The molecule has 4 nitrogen and oxygen atoms in total. The number of nitro groups is 1. The van der Waals surface area contributed by atoms with E-state index in [0.717, 1.165) is 0 Å². The zero-order chi connectivity index (χ0) is 13.0. The second kappa shape index (κ2) is 5.31. The SMILES string of the molecule is CN1C=CC=CC1/C=C/c1ccccc1[N+](=O)[O-]. The van der Waals surface area contributed by atoms with Gasteiger partial charge in [-0.3, -0.25) is 10.1 Å². The summed E-state index contributed by atoms with van der Waals surface area (Å²) in [5.74, 6) is 0. The number of hydrogen-bond donors (Lipinski definition) is 0. The molecule has 0 bridgehead atoms. The highest BCUT2D eigenvalue weighted by molar-refractivity contribution is 5.61. The molecule has 0 spiro atoms. The highest BCUT2D eigenvalue weighted by atomic mass is 16.6. The van der Waals surface area contributed by atoms with Crippen LogP contribution < -0.4 is 0 Å². The van der Waals surface area contributed by atoms with Gasteiger partial charge in [0.05, 0.1) is 16.5 Å². The third-order valence-electron chi connectivity index (χ3n) is 2.82. The molecule has 92 valence electrons. The molecule has 1 aromatic carbocycles. The minimum atomic E-state index is -0.361. The molecule has 0 aromatic heterocycles. The van der Waals surface area contributed by atoms with Gasteiger partial charge in [-0.1, -0.05) is 30.4 Å². The van der Waals surface area contributed by atoms with Gasteiger partial charge in [-0.2, -0.15) is 0 Å². The van der Waals surface area contributed by atoms with Crippen LogP contribution in [0.25, 0.3) is 6.08 Å². The van der Waals surface area contributed by atoms with Crippen molar-refractivity contribution in [3.63, 3.8) is 0 Å². The minimum absolute atomic E-state index is 0.131. The molecule has 18 heavy (non-hydrogen) atoms. The zero-order valence-corrected chi connectivity index (χ0v) is 10.1. The minimum Gasteiger partial charge on any atom is -0.371 e. The fourth-order valence-corrected chi connectivity index (χ4v) is 1.80. The number of nitrogens with zero attached hydrogens (tertiary/aromatic N) is 2. The maximum absolute atomic E-state index is 10.9. The molecule has 0 saturated carbocycles. The van der Waals surface area contributed by atoms with Gasteiger partial charge in [0.2, 0.25) is 0 Å². The molecular weight excluding hydrogens is 228 g/mol. The van der Waals surface area contributed by atoms with Gasteiger partial charge >= 0.3 is 0 Å². The third-order valence-corrected chi connectivity index (χ3v) is 2.82. The first-order valence-corrected chi connectivity index (χ1v) is 5.67. The van der Waals surface area contributed by atoms with Crippen molar-refractivity contribution in [1.29, 1.82) is 0 Å². The molecule has 0 aliphatic carbocycles. The van der Waals surface area contributed by atoms with Crippen LogP contribution in [-0.2, 0) is 0 Å². The normalized spacial score (nSPS) is 18.5. The van der Waals surface area contributed by atoms with Crippen molar-refractivity contribution < 1.29 is 4.92 Å². The fraction of sp³-hybridized carbons (Fsp3) is 0.143. The van der Waals surface area contributed by atoms with E-state index in [1.54, 1.807) is 24.3 Å². The summed E-state index contributed by atoms with van der Waals surface area (Å²) in [5, 5.41) is 10.9. The first kappa shape index (κ1) is 12.1. The van der Waals surface area contributed by atoms with E-state index in [0.29, 0.717) is 5.56 Å². The number of hydrogen-bond acceptors (Lipinski definition) is 3. The monoisotopic (exact) mass is 242 g/mol. The van der Waals surface area contributed by atoms with Crippen LogP contribution in [-0.4, -0.2) is 22.9 Å². The molecule has 0 amide bonds. The van der Waals surface area contributed by atoms with E-state index >= 15 is 0 Å². The lowest BCUT2D eigenvalue weighted by Gasteiger charge is -2.23. The van der Waals surface area contributed by atoms with E-state index in [1.807, 2.05) is 42.5 Å². The molecule has 0 saturated heterocycles. The molecular formula is C14H14N2O2. The Morgan fingerprint density at radius 2 is 2.11 bits per heavy atom. The molecule has 1 aliphatic rings. The first-order chi connectivity index (χ1) is 8.68. The van der Waals surface area contributed by atoms with Crippen LogP contribution >= 0.6 is 0 Å². The Balaban J connectivity index is 2.21. The number of allylic oxidation sites excluding steroid dienone is 2. The van der Waals surface area contributed by atoms with E-state index in [4.69, 9.17) is 0 Å². The van der Waals surface area contributed by atoms with Crippen molar-refractivity contribution in [2.75, 3.05) is 7.05 Å². The molecule has 0 fully saturated rings. The largest absolute Gasteiger partial charge is 0.371 e. The van der Waals surface area contributed by atoms with Crippen LogP contribution in [0, 0.1) is 10.1 Å². The molecule has 1 unspecified atom stereocenters. The average molecular weight is 242 g/mol. The Hall–Kier alpha value is -2.36. The highest BCUT2D eigenvalue weighted by Gasteiger charge is 2.11. The van der Waals surface area contributed by atoms with Crippen LogP contribution in [0.5, 0.6) is 0 Å². The summed E-state index contributed by atoms with van der Waals surface area (Å²) in [4.78, 5) is 12.5. The van der Waals surface area contributed by atoms with Gasteiger partial charge in [0.25, 0.3) is 5.69 Å². The molecule has 0 N–H and O–H groups in total.